The fourth-order valence-corrected chi connectivity index (χ4v) is 1.25. The maximum Gasteiger partial charge on any atom is 0.0208 e. The molecule has 0 aliphatic rings. The number of nitrogens with two attached hydrogens (primary N) is 1. The van der Waals surface area contributed by atoms with Crippen LogP contribution < -0.4 is 11.1 Å². The van der Waals surface area contributed by atoms with Gasteiger partial charge in [0.05, 0.1) is 0 Å². The minimum absolute atomic E-state index is 0.445. The van der Waals surface area contributed by atoms with Crippen molar-refractivity contribution in [1.82, 2.24) is 5.32 Å². The lowest BCUT2D eigenvalue weighted by Crippen LogP contribution is -2.34. The molecule has 0 amide bonds. The Kier molecular flexibility index (Phi) is 4.50. The fourth-order valence-electron chi connectivity index (χ4n) is 1.25. The van der Waals surface area contributed by atoms with E-state index in [4.69, 9.17) is 5.73 Å². The average molecular weight is 178 g/mol. The lowest BCUT2D eigenvalue weighted by atomic mass is 10.2. The van der Waals surface area contributed by atoms with Crippen molar-refractivity contribution in [2.24, 2.45) is 5.73 Å². The monoisotopic (exact) mass is 178 g/mol. The summed E-state index contributed by atoms with van der Waals surface area (Å²) in [6.45, 7) is 3.77. The highest BCUT2D eigenvalue weighted by molar-refractivity contribution is 5.14. The average Bonchev–Trinajstić information content (AvgIpc) is 2.21. The number of benzene rings is 1. The summed E-state index contributed by atoms with van der Waals surface area (Å²) in [5.41, 5.74) is 6.90. The zero-order valence-electron chi connectivity index (χ0n) is 8.16. The molecule has 1 aromatic carbocycles. The summed E-state index contributed by atoms with van der Waals surface area (Å²) in [4.78, 5) is 0. The molecule has 0 saturated heterocycles. The van der Waals surface area contributed by atoms with Gasteiger partial charge < -0.3 is 11.1 Å². The second-order valence-electron chi connectivity index (χ2n) is 3.21. The Morgan fingerprint density at radius 2 is 2.00 bits per heavy atom. The van der Waals surface area contributed by atoms with Crippen molar-refractivity contribution in [1.29, 1.82) is 0 Å². The first-order valence-corrected chi connectivity index (χ1v) is 4.84. The molecule has 0 aliphatic heterocycles. The Labute approximate surface area is 80.1 Å². The molecule has 1 unspecified atom stereocenters. The summed E-state index contributed by atoms with van der Waals surface area (Å²) in [6.07, 6.45) is 1.09. The first kappa shape index (κ1) is 10.2. The lowest BCUT2D eigenvalue weighted by Gasteiger charge is -2.14. The third-order valence-electron chi connectivity index (χ3n) is 2.22. The van der Waals surface area contributed by atoms with Crippen LogP contribution in [0.25, 0.3) is 0 Å². The van der Waals surface area contributed by atoms with Crippen molar-refractivity contribution < 1.29 is 0 Å². The van der Waals surface area contributed by atoms with E-state index in [1.54, 1.807) is 0 Å². The summed E-state index contributed by atoms with van der Waals surface area (Å²) in [5, 5.41) is 3.41. The highest BCUT2D eigenvalue weighted by atomic mass is 14.9. The Morgan fingerprint density at radius 3 is 2.54 bits per heavy atom. The summed E-state index contributed by atoms with van der Waals surface area (Å²) in [5.74, 6) is 0. The van der Waals surface area contributed by atoms with Crippen LogP contribution in [0.4, 0.5) is 0 Å². The summed E-state index contributed by atoms with van der Waals surface area (Å²) < 4.78 is 0. The molecule has 13 heavy (non-hydrogen) atoms. The molecule has 0 fully saturated rings. The van der Waals surface area contributed by atoms with E-state index in [1.165, 1.54) is 5.56 Å². The zero-order chi connectivity index (χ0) is 9.52. The predicted octanol–water partition coefficient (Wildman–Crippen LogP) is 1.51. The van der Waals surface area contributed by atoms with E-state index in [-0.39, 0.29) is 0 Å². The van der Waals surface area contributed by atoms with Gasteiger partial charge in [0.2, 0.25) is 0 Å². The molecular weight excluding hydrogens is 160 g/mol. The molecule has 2 heteroatoms. The Bertz CT molecular complexity index is 217. The van der Waals surface area contributed by atoms with Crippen LogP contribution in [0.2, 0.25) is 0 Å². The van der Waals surface area contributed by atoms with Crippen molar-refractivity contribution in [3.63, 3.8) is 0 Å². The van der Waals surface area contributed by atoms with Gasteiger partial charge in [-0.1, -0.05) is 37.3 Å². The second kappa shape index (κ2) is 5.73. The van der Waals surface area contributed by atoms with E-state index in [0.717, 1.165) is 13.0 Å². The topological polar surface area (TPSA) is 38.0 Å². The smallest absolute Gasteiger partial charge is 0.0208 e. The second-order valence-corrected chi connectivity index (χ2v) is 3.21. The minimum atomic E-state index is 0.445. The molecule has 0 spiro atoms. The normalized spacial score (nSPS) is 12.8. The molecule has 3 N–H and O–H groups in total. The van der Waals surface area contributed by atoms with Gasteiger partial charge in [0, 0.05) is 19.1 Å². The van der Waals surface area contributed by atoms with E-state index in [0.29, 0.717) is 12.6 Å². The highest BCUT2D eigenvalue weighted by Crippen LogP contribution is 1.98. The molecule has 1 rings (SSSR count). The van der Waals surface area contributed by atoms with Crippen LogP contribution in [0.3, 0.4) is 0 Å². The third-order valence-corrected chi connectivity index (χ3v) is 2.22. The molecule has 0 radical (unpaired) electrons. The van der Waals surface area contributed by atoms with Crippen molar-refractivity contribution in [3.05, 3.63) is 35.9 Å². The predicted molar refractivity (Wildman–Crippen MR) is 56.4 cm³/mol. The van der Waals surface area contributed by atoms with Gasteiger partial charge in [-0.3, -0.25) is 0 Å². The van der Waals surface area contributed by atoms with Gasteiger partial charge in [0.25, 0.3) is 0 Å². The Hall–Kier alpha value is -0.860. The molecule has 2 nitrogen and oxygen atoms in total. The van der Waals surface area contributed by atoms with E-state index in [2.05, 4.69) is 36.5 Å². The van der Waals surface area contributed by atoms with Crippen molar-refractivity contribution in [2.75, 3.05) is 6.54 Å². The standard InChI is InChI=1S/C11H18N2/c1-2-11(8-12)13-9-10-6-4-3-5-7-10/h3-7,11,13H,2,8-9,12H2,1H3. The minimum Gasteiger partial charge on any atom is -0.329 e. The summed E-state index contributed by atoms with van der Waals surface area (Å²) in [6, 6.07) is 10.8. The van der Waals surface area contributed by atoms with Crippen LogP contribution in [-0.4, -0.2) is 12.6 Å². The first-order valence-electron chi connectivity index (χ1n) is 4.84. The van der Waals surface area contributed by atoms with Crippen molar-refractivity contribution in [2.45, 2.75) is 25.9 Å². The van der Waals surface area contributed by atoms with Gasteiger partial charge >= 0.3 is 0 Å². The van der Waals surface area contributed by atoms with Crippen LogP contribution in [-0.2, 0) is 6.54 Å². The van der Waals surface area contributed by atoms with Gasteiger partial charge in [0.1, 0.15) is 0 Å². The highest BCUT2D eigenvalue weighted by Gasteiger charge is 2.01. The Morgan fingerprint density at radius 1 is 1.31 bits per heavy atom. The quantitative estimate of drug-likeness (QED) is 0.717. The van der Waals surface area contributed by atoms with Crippen LogP contribution in [0.1, 0.15) is 18.9 Å². The molecule has 0 saturated carbocycles. The van der Waals surface area contributed by atoms with Crippen LogP contribution >= 0.6 is 0 Å². The summed E-state index contributed by atoms with van der Waals surface area (Å²) in [7, 11) is 0. The maximum atomic E-state index is 5.58. The largest absolute Gasteiger partial charge is 0.329 e. The van der Waals surface area contributed by atoms with Gasteiger partial charge in [-0.05, 0) is 12.0 Å². The maximum absolute atomic E-state index is 5.58. The van der Waals surface area contributed by atoms with Gasteiger partial charge in [-0.2, -0.15) is 0 Å². The summed E-state index contributed by atoms with van der Waals surface area (Å²) >= 11 is 0. The molecule has 0 bridgehead atoms. The van der Waals surface area contributed by atoms with Crippen LogP contribution in [0, 0.1) is 0 Å². The van der Waals surface area contributed by atoms with E-state index in [1.807, 2.05) is 6.07 Å². The van der Waals surface area contributed by atoms with E-state index in [9.17, 15) is 0 Å². The third kappa shape index (κ3) is 3.57. The molecule has 1 aromatic rings. The van der Waals surface area contributed by atoms with Gasteiger partial charge in [-0.15, -0.1) is 0 Å². The van der Waals surface area contributed by atoms with Crippen molar-refractivity contribution in [3.8, 4) is 0 Å². The van der Waals surface area contributed by atoms with Gasteiger partial charge in [0.15, 0.2) is 0 Å². The fraction of sp³-hybridized carbons (Fsp3) is 0.455. The molecule has 72 valence electrons. The van der Waals surface area contributed by atoms with Crippen LogP contribution in [0.15, 0.2) is 30.3 Å². The zero-order valence-corrected chi connectivity index (χ0v) is 8.16. The number of hydrogen-bond acceptors (Lipinski definition) is 2. The van der Waals surface area contributed by atoms with Crippen LogP contribution in [0.5, 0.6) is 0 Å². The first-order chi connectivity index (χ1) is 6.36. The number of nitrogens with one attached hydrogen (secondary N) is 1. The Balaban J connectivity index is 2.34. The lowest BCUT2D eigenvalue weighted by molar-refractivity contribution is 0.505. The molecule has 0 aromatic heterocycles. The van der Waals surface area contributed by atoms with E-state index < -0.39 is 0 Å². The van der Waals surface area contributed by atoms with Crippen molar-refractivity contribution >= 4 is 0 Å². The SMILES string of the molecule is CCC(CN)NCc1ccccc1. The molecule has 0 heterocycles. The molecular formula is C11H18N2. The number of rotatable bonds is 5. The van der Waals surface area contributed by atoms with Gasteiger partial charge in [-0.25, -0.2) is 0 Å². The number of hydrogen-bond donors (Lipinski definition) is 2. The molecule has 1 atom stereocenters. The molecule has 0 aliphatic carbocycles. The van der Waals surface area contributed by atoms with E-state index >= 15 is 0 Å².